The van der Waals surface area contributed by atoms with E-state index in [1.807, 2.05) is 13.0 Å². The van der Waals surface area contributed by atoms with Crippen LogP contribution in [0.5, 0.6) is 11.5 Å². The summed E-state index contributed by atoms with van der Waals surface area (Å²) in [5.74, 6) is 1.10. The number of nitrogens with two attached hydrogens (primary N) is 1. The first-order valence-corrected chi connectivity index (χ1v) is 6.65. The van der Waals surface area contributed by atoms with Crippen molar-refractivity contribution in [2.24, 2.45) is 5.73 Å². The number of ether oxygens (including phenoxy) is 1. The monoisotopic (exact) mass is 287 g/mol. The van der Waals surface area contributed by atoms with Crippen LogP contribution in [0.15, 0.2) is 36.5 Å². The summed E-state index contributed by atoms with van der Waals surface area (Å²) in [6.45, 7) is 3.67. The van der Waals surface area contributed by atoms with Crippen LogP contribution in [-0.2, 0) is 0 Å². The smallest absolute Gasteiger partial charge is 0.272 e. The van der Waals surface area contributed by atoms with Gasteiger partial charge in [0.2, 0.25) is 0 Å². The van der Waals surface area contributed by atoms with E-state index in [4.69, 9.17) is 10.5 Å². The summed E-state index contributed by atoms with van der Waals surface area (Å²) in [5.41, 5.74) is 7.33. The van der Waals surface area contributed by atoms with Crippen LogP contribution < -0.4 is 10.5 Å². The summed E-state index contributed by atoms with van der Waals surface area (Å²) in [6.07, 6.45) is 2.41. The first-order chi connectivity index (χ1) is 10.0. The summed E-state index contributed by atoms with van der Waals surface area (Å²) < 4.78 is 5.64. The molecule has 0 spiro atoms. The van der Waals surface area contributed by atoms with Crippen molar-refractivity contribution in [3.63, 3.8) is 0 Å². The van der Waals surface area contributed by atoms with Gasteiger partial charge in [-0.15, -0.1) is 0 Å². The highest BCUT2D eigenvalue weighted by Gasteiger charge is 2.11. The van der Waals surface area contributed by atoms with Crippen LogP contribution in [-0.4, -0.2) is 9.91 Å². The molecule has 1 aromatic carbocycles. The molecule has 0 saturated heterocycles. The third-order valence-corrected chi connectivity index (χ3v) is 3.18. The summed E-state index contributed by atoms with van der Waals surface area (Å²) in [4.78, 5) is 14.6. The van der Waals surface area contributed by atoms with Gasteiger partial charge in [0, 0.05) is 17.7 Å². The molecule has 1 atom stereocenters. The highest BCUT2D eigenvalue weighted by atomic mass is 16.6. The molecule has 0 saturated carbocycles. The third-order valence-electron chi connectivity index (χ3n) is 3.18. The van der Waals surface area contributed by atoms with E-state index in [0.29, 0.717) is 17.1 Å². The van der Waals surface area contributed by atoms with Gasteiger partial charge >= 0.3 is 0 Å². The van der Waals surface area contributed by atoms with Crippen molar-refractivity contribution in [2.75, 3.05) is 0 Å². The third kappa shape index (κ3) is 3.55. The minimum atomic E-state index is -0.415. The summed E-state index contributed by atoms with van der Waals surface area (Å²) >= 11 is 0. The van der Waals surface area contributed by atoms with Gasteiger partial charge < -0.3 is 10.5 Å². The fraction of sp³-hybridized carbons (Fsp3) is 0.267. The SMILES string of the molecule is CC[C@@H](N)c1ccc(Oc2ccc([N+](=O)[O-])c(C)c2)cn1. The van der Waals surface area contributed by atoms with E-state index in [1.54, 1.807) is 31.3 Å². The van der Waals surface area contributed by atoms with E-state index in [1.165, 1.54) is 6.07 Å². The van der Waals surface area contributed by atoms with Gasteiger partial charge in [0.15, 0.2) is 0 Å². The summed E-state index contributed by atoms with van der Waals surface area (Å²) in [7, 11) is 0. The molecule has 2 rings (SSSR count). The lowest BCUT2D eigenvalue weighted by molar-refractivity contribution is -0.385. The van der Waals surface area contributed by atoms with Crippen LogP contribution in [0, 0.1) is 17.0 Å². The zero-order valence-electron chi connectivity index (χ0n) is 11.9. The molecule has 0 aliphatic heterocycles. The lowest BCUT2D eigenvalue weighted by atomic mass is 10.1. The lowest BCUT2D eigenvalue weighted by Gasteiger charge is -2.10. The predicted octanol–water partition coefficient (Wildman–Crippen LogP) is 3.50. The number of benzene rings is 1. The van der Waals surface area contributed by atoms with Crippen molar-refractivity contribution in [2.45, 2.75) is 26.3 Å². The van der Waals surface area contributed by atoms with E-state index in [-0.39, 0.29) is 11.7 Å². The molecule has 1 aromatic heterocycles. The minimum Gasteiger partial charge on any atom is -0.456 e. The highest BCUT2D eigenvalue weighted by Crippen LogP contribution is 2.27. The Morgan fingerprint density at radius 3 is 2.57 bits per heavy atom. The number of aryl methyl sites for hydroxylation is 1. The average Bonchev–Trinajstić information content (AvgIpc) is 2.47. The number of nitro groups is 1. The Balaban J connectivity index is 2.15. The van der Waals surface area contributed by atoms with Gasteiger partial charge in [-0.05, 0) is 37.6 Å². The molecule has 0 unspecified atom stereocenters. The number of nitro benzene ring substituents is 1. The molecular weight excluding hydrogens is 270 g/mol. The Hall–Kier alpha value is -2.47. The number of rotatable bonds is 5. The van der Waals surface area contributed by atoms with Gasteiger partial charge in [-0.2, -0.15) is 0 Å². The fourth-order valence-electron chi connectivity index (χ4n) is 1.91. The molecule has 0 fully saturated rings. The number of hydrogen-bond acceptors (Lipinski definition) is 5. The number of nitrogens with zero attached hydrogens (tertiary/aromatic N) is 2. The second-order valence-corrected chi connectivity index (χ2v) is 4.74. The molecule has 0 aliphatic carbocycles. The lowest BCUT2D eigenvalue weighted by Crippen LogP contribution is -2.10. The van der Waals surface area contributed by atoms with Crippen molar-refractivity contribution in [3.8, 4) is 11.5 Å². The Bertz CT molecular complexity index is 641. The molecule has 0 bridgehead atoms. The maximum Gasteiger partial charge on any atom is 0.272 e. The van der Waals surface area contributed by atoms with E-state index >= 15 is 0 Å². The number of aromatic nitrogens is 1. The molecule has 1 heterocycles. The van der Waals surface area contributed by atoms with Crippen molar-refractivity contribution in [1.82, 2.24) is 4.98 Å². The number of hydrogen-bond donors (Lipinski definition) is 1. The molecule has 0 amide bonds. The average molecular weight is 287 g/mol. The minimum absolute atomic E-state index is 0.0738. The van der Waals surface area contributed by atoms with E-state index < -0.39 is 4.92 Å². The fourth-order valence-corrected chi connectivity index (χ4v) is 1.91. The van der Waals surface area contributed by atoms with E-state index in [9.17, 15) is 10.1 Å². The van der Waals surface area contributed by atoms with Gasteiger partial charge in [0.25, 0.3) is 5.69 Å². The number of pyridine rings is 1. The van der Waals surface area contributed by atoms with Crippen LogP contribution in [0.1, 0.15) is 30.6 Å². The molecule has 21 heavy (non-hydrogen) atoms. The van der Waals surface area contributed by atoms with Crippen LogP contribution in [0.25, 0.3) is 0 Å². The van der Waals surface area contributed by atoms with Crippen LogP contribution in [0.4, 0.5) is 5.69 Å². The Morgan fingerprint density at radius 2 is 2.05 bits per heavy atom. The van der Waals surface area contributed by atoms with Crippen molar-refractivity contribution in [1.29, 1.82) is 0 Å². The maximum atomic E-state index is 10.8. The predicted molar refractivity (Wildman–Crippen MR) is 79.4 cm³/mol. The molecule has 0 radical (unpaired) electrons. The Morgan fingerprint density at radius 1 is 1.33 bits per heavy atom. The van der Waals surface area contributed by atoms with E-state index in [0.717, 1.165) is 12.1 Å². The Labute approximate surface area is 122 Å². The zero-order valence-corrected chi connectivity index (χ0v) is 11.9. The second-order valence-electron chi connectivity index (χ2n) is 4.74. The molecule has 110 valence electrons. The normalized spacial score (nSPS) is 12.0. The quantitative estimate of drug-likeness (QED) is 0.671. The van der Waals surface area contributed by atoms with Crippen molar-refractivity contribution in [3.05, 3.63) is 57.9 Å². The highest BCUT2D eigenvalue weighted by molar-refractivity contribution is 5.45. The second kappa shape index (κ2) is 6.32. The zero-order chi connectivity index (χ0) is 15.4. The molecule has 2 N–H and O–H groups in total. The van der Waals surface area contributed by atoms with Crippen LogP contribution in [0.3, 0.4) is 0 Å². The van der Waals surface area contributed by atoms with Gasteiger partial charge in [-0.3, -0.25) is 15.1 Å². The summed E-state index contributed by atoms with van der Waals surface area (Å²) in [6, 6.07) is 8.15. The largest absolute Gasteiger partial charge is 0.456 e. The van der Waals surface area contributed by atoms with Gasteiger partial charge in [-0.25, -0.2) is 0 Å². The molecule has 6 nitrogen and oxygen atoms in total. The van der Waals surface area contributed by atoms with Crippen molar-refractivity contribution < 1.29 is 9.66 Å². The standard InChI is InChI=1S/C15H17N3O3/c1-3-13(16)14-6-4-12(9-17-14)21-11-5-7-15(18(19)20)10(2)8-11/h4-9,13H,3,16H2,1-2H3/t13-/m1/s1. The van der Waals surface area contributed by atoms with Gasteiger partial charge in [0.05, 0.1) is 16.8 Å². The maximum absolute atomic E-state index is 10.8. The van der Waals surface area contributed by atoms with Gasteiger partial charge in [-0.1, -0.05) is 6.92 Å². The van der Waals surface area contributed by atoms with Crippen molar-refractivity contribution >= 4 is 5.69 Å². The first-order valence-electron chi connectivity index (χ1n) is 6.65. The molecular formula is C15H17N3O3. The topological polar surface area (TPSA) is 91.3 Å². The molecule has 2 aromatic rings. The van der Waals surface area contributed by atoms with Crippen LogP contribution >= 0.6 is 0 Å². The summed E-state index contributed by atoms with van der Waals surface area (Å²) in [5, 5.41) is 10.8. The Kier molecular flexibility index (Phi) is 4.49. The molecule has 0 aliphatic rings. The van der Waals surface area contributed by atoms with Gasteiger partial charge in [0.1, 0.15) is 11.5 Å². The van der Waals surface area contributed by atoms with Crippen LogP contribution in [0.2, 0.25) is 0 Å². The van der Waals surface area contributed by atoms with E-state index in [2.05, 4.69) is 4.98 Å². The molecule has 6 heteroatoms. The first kappa shape index (κ1) is 14.9.